The van der Waals surface area contributed by atoms with Gasteiger partial charge in [-0.2, -0.15) is 0 Å². The van der Waals surface area contributed by atoms with Crippen LogP contribution < -0.4 is 10.4 Å². The topological polar surface area (TPSA) is 69.4 Å². The number of rotatable bonds is 5. The van der Waals surface area contributed by atoms with Gasteiger partial charge < -0.3 is 9.15 Å². The maximum absolute atomic E-state index is 12.8. The second kappa shape index (κ2) is 7.49. The highest BCUT2D eigenvalue weighted by atomic mass is 16.5. The van der Waals surface area contributed by atoms with Crippen molar-refractivity contribution >= 4 is 22.8 Å². The Kier molecular flexibility index (Phi) is 4.95. The van der Waals surface area contributed by atoms with Crippen molar-refractivity contribution < 1.29 is 13.9 Å². The van der Waals surface area contributed by atoms with Crippen molar-refractivity contribution in [2.75, 3.05) is 6.61 Å². The van der Waals surface area contributed by atoms with E-state index in [-0.39, 0.29) is 29.3 Å². The van der Waals surface area contributed by atoms with Crippen LogP contribution in [0.1, 0.15) is 21.5 Å². The molecule has 128 valence electrons. The summed E-state index contributed by atoms with van der Waals surface area (Å²) in [7, 11) is 0. The average molecular weight is 345 g/mol. The van der Waals surface area contributed by atoms with Crippen LogP contribution in [0.3, 0.4) is 0 Å². The van der Waals surface area contributed by atoms with E-state index >= 15 is 0 Å². The van der Waals surface area contributed by atoms with Gasteiger partial charge in [0, 0.05) is 23.8 Å². The minimum Gasteiger partial charge on any atom is -0.480 e. The number of benzene rings is 1. The highest BCUT2D eigenvalue weighted by Crippen LogP contribution is 2.30. The predicted molar refractivity (Wildman–Crippen MR) is 99.2 cm³/mol. The number of ketones is 1. The minimum atomic E-state index is -0.533. The van der Waals surface area contributed by atoms with Crippen LogP contribution in [0, 0.1) is 19.3 Å². The zero-order chi connectivity index (χ0) is 18.5. The van der Waals surface area contributed by atoms with E-state index in [9.17, 15) is 9.59 Å². The number of fused-ring (bicyclic) bond motifs is 1. The quantitative estimate of drug-likeness (QED) is 0.307. The van der Waals surface area contributed by atoms with Crippen LogP contribution in [0.25, 0.3) is 17.0 Å². The van der Waals surface area contributed by atoms with Gasteiger partial charge in [0.1, 0.15) is 17.9 Å². The summed E-state index contributed by atoms with van der Waals surface area (Å²) in [5, 5.41) is 0.663. The Hall–Kier alpha value is -3.65. The van der Waals surface area contributed by atoms with Crippen LogP contribution in [0.2, 0.25) is 0 Å². The molecule has 0 fully saturated rings. The molecule has 0 radical (unpaired) electrons. The van der Waals surface area contributed by atoms with Crippen LogP contribution in [0.15, 0.2) is 58.0 Å². The number of aromatic nitrogens is 1. The number of carbonyl (C=O) groups is 1. The van der Waals surface area contributed by atoms with Gasteiger partial charge in [-0.25, -0.2) is 4.79 Å². The average Bonchev–Trinajstić information content (AvgIpc) is 2.64. The number of nitrogens with zero attached hydrogens (tertiary/aromatic N) is 1. The van der Waals surface area contributed by atoms with Gasteiger partial charge in [-0.15, -0.1) is 6.42 Å². The molecule has 0 atom stereocenters. The minimum absolute atomic E-state index is 0.00580. The molecule has 0 saturated carbocycles. The molecule has 26 heavy (non-hydrogen) atoms. The van der Waals surface area contributed by atoms with Crippen molar-refractivity contribution in [1.29, 1.82) is 0 Å². The number of hydrogen-bond donors (Lipinski definition) is 0. The lowest BCUT2D eigenvalue weighted by Gasteiger charge is -2.10. The monoisotopic (exact) mass is 345 g/mol. The van der Waals surface area contributed by atoms with Gasteiger partial charge in [0.05, 0.1) is 0 Å². The molecule has 2 aromatic heterocycles. The van der Waals surface area contributed by atoms with Gasteiger partial charge in [-0.3, -0.25) is 9.78 Å². The van der Waals surface area contributed by atoms with Crippen molar-refractivity contribution in [2.45, 2.75) is 6.92 Å². The Labute approximate surface area is 149 Å². The summed E-state index contributed by atoms with van der Waals surface area (Å²) in [4.78, 5) is 28.6. The fourth-order valence-corrected chi connectivity index (χ4v) is 2.57. The largest absolute Gasteiger partial charge is 0.480 e. The summed E-state index contributed by atoms with van der Waals surface area (Å²) < 4.78 is 10.8. The van der Waals surface area contributed by atoms with Crippen LogP contribution >= 0.6 is 0 Å². The summed E-state index contributed by atoms with van der Waals surface area (Å²) in [5.74, 6) is 2.27. The maximum Gasteiger partial charge on any atom is 0.336 e. The van der Waals surface area contributed by atoms with Crippen molar-refractivity contribution in [3.8, 4) is 18.1 Å². The molecule has 0 spiro atoms. The van der Waals surface area contributed by atoms with Gasteiger partial charge in [0.2, 0.25) is 0 Å². The van der Waals surface area contributed by atoms with Crippen molar-refractivity contribution in [1.82, 2.24) is 4.98 Å². The Morgan fingerprint density at radius 1 is 1.38 bits per heavy atom. The molecular weight excluding hydrogens is 330 g/mol. The van der Waals surface area contributed by atoms with Crippen LogP contribution in [-0.2, 0) is 0 Å². The summed E-state index contributed by atoms with van der Waals surface area (Å²) in [5.41, 5.74) is 1.30. The number of ether oxygens (including phenoxy) is 1. The van der Waals surface area contributed by atoms with Crippen LogP contribution in [0.5, 0.6) is 5.75 Å². The summed E-state index contributed by atoms with van der Waals surface area (Å²) in [6, 6.07) is 8.36. The summed E-state index contributed by atoms with van der Waals surface area (Å²) >= 11 is 0. The molecule has 1 aromatic carbocycles. The molecule has 0 bridgehead atoms. The second-order valence-electron chi connectivity index (χ2n) is 5.54. The van der Waals surface area contributed by atoms with E-state index < -0.39 is 5.63 Å². The third kappa shape index (κ3) is 3.55. The van der Waals surface area contributed by atoms with E-state index in [1.54, 1.807) is 43.6 Å². The first-order valence-corrected chi connectivity index (χ1v) is 7.86. The standard InChI is InChI=1S/C21H15NO4/c1-3-11-25-18-9-7-16-14(2)12-19(24)26-21(16)20(18)17(23)8-6-15-5-4-10-22-13-15/h1,4-10,12-13H,11H2,2H3. The first-order chi connectivity index (χ1) is 12.6. The van der Waals surface area contributed by atoms with E-state index in [1.807, 2.05) is 6.07 Å². The lowest BCUT2D eigenvalue weighted by Crippen LogP contribution is -2.06. The van der Waals surface area contributed by atoms with E-state index in [0.717, 1.165) is 5.56 Å². The number of carbonyl (C=O) groups excluding carboxylic acids is 1. The Balaban J connectivity index is 2.14. The van der Waals surface area contributed by atoms with Crippen molar-refractivity contribution in [3.63, 3.8) is 0 Å². The molecule has 3 rings (SSSR count). The molecule has 0 aliphatic carbocycles. The summed E-state index contributed by atoms with van der Waals surface area (Å²) in [6.45, 7) is 1.77. The van der Waals surface area contributed by atoms with Gasteiger partial charge >= 0.3 is 5.63 Å². The molecule has 0 unspecified atom stereocenters. The predicted octanol–water partition coefficient (Wildman–Crippen LogP) is 3.40. The Morgan fingerprint density at radius 2 is 2.23 bits per heavy atom. The van der Waals surface area contributed by atoms with Crippen molar-refractivity contribution in [3.05, 3.63) is 75.9 Å². The third-order valence-electron chi connectivity index (χ3n) is 3.75. The first kappa shape index (κ1) is 17.2. The highest BCUT2D eigenvalue weighted by molar-refractivity contribution is 6.15. The molecule has 2 heterocycles. The third-order valence-corrected chi connectivity index (χ3v) is 3.75. The van der Waals surface area contributed by atoms with Crippen molar-refractivity contribution in [2.24, 2.45) is 0 Å². The molecule has 0 aliphatic heterocycles. The van der Waals surface area contributed by atoms with Gasteiger partial charge in [-0.1, -0.05) is 12.0 Å². The van der Waals surface area contributed by atoms with Crippen LogP contribution in [0.4, 0.5) is 0 Å². The lowest BCUT2D eigenvalue weighted by atomic mass is 10.0. The van der Waals surface area contributed by atoms with Gasteiger partial charge in [0.15, 0.2) is 11.4 Å². The number of terminal acetylenes is 1. The Morgan fingerprint density at radius 3 is 2.96 bits per heavy atom. The molecular formula is C21H15NO4. The first-order valence-electron chi connectivity index (χ1n) is 7.86. The molecule has 5 heteroatoms. The van der Waals surface area contributed by atoms with E-state index in [0.29, 0.717) is 10.9 Å². The molecule has 5 nitrogen and oxygen atoms in total. The van der Waals surface area contributed by atoms with E-state index in [4.69, 9.17) is 15.6 Å². The van der Waals surface area contributed by atoms with E-state index in [1.165, 1.54) is 12.1 Å². The lowest BCUT2D eigenvalue weighted by molar-refractivity contribution is 0.104. The zero-order valence-corrected chi connectivity index (χ0v) is 14.1. The van der Waals surface area contributed by atoms with Gasteiger partial charge in [-0.05, 0) is 48.4 Å². The number of pyridine rings is 1. The van der Waals surface area contributed by atoms with Crippen LogP contribution in [-0.4, -0.2) is 17.4 Å². The van der Waals surface area contributed by atoms with Gasteiger partial charge in [0.25, 0.3) is 0 Å². The molecule has 3 aromatic rings. The molecule has 0 amide bonds. The maximum atomic E-state index is 12.8. The number of hydrogen-bond acceptors (Lipinski definition) is 5. The zero-order valence-electron chi connectivity index (χ0n) is 14.1. The summed E-state index contributed by atoms with van der Waals surface area (Å²) in [6.07, 6.45) is 11.5. The fourth-order valence-electron chi connectivity index (χ4n) is 2.57. The normalized spacial score (nSPS) is 10.8. The molecule has 0 aliphatic rings. The fraction of sp³-hybridized carbons (Fsp3) is 0.0952. The Bertz CT molecular complexity index is 1090. The highest BCUT2D eigenvalue weighted by Gasteiger charge is 2.18. The molecule has 0 saturated heterocycles. The SMILES string of the molecule is C#CCOc1ccc2c(C)cc(=O)oc2c1C(=O)C=Cc1cccnc1. The second-order valence-corrected chi connectivity index (χ2v) is 5.54. The smallest absolute Gasteiger partial charge is 0.336 e. The molecule has 0 N–H and O–H groups in total. The van der Waals surface area contributed by atoms with E-state index in [2.05, 4.69) is 10.9 Å². The number of aryl methyl sites for hydroxylation is 1. The number of allylic oxidation sites excluding steroid dienone is 1.